The van der Waals surface area contributed by atoms with E-state index < -0.39 is 24.2 Å². The van der Waals surface area contributed by atoms with Crippen LogP contribution in [0.2, 0.25) is 0 Å². The maximum absolute atomic E-state index is 13.7. The number of aromatic nitrogens is 2. The first kappa shape index (κ1) is 20.3. The Labute approximate surface area is 177 Å². The highest BCUT2D eigenvalue weighted by molar-refractivity contribution is 5.87. The van der Waals surface area contributed by atoms with Crippen molar-refractivity contribution in [2.75, 3.05) is 6.54 Å². The number of nitrogens with zero attached hydrogens (tertiary/aromatic N) is 4. The van der Waals surface area contributed by atoms with Gasteiger partial charge in [0.1, 0.15) is 29.6 Å². The van der Waals surface area contributed by atoms with Gasteiger partial charge in [0.15, 0.2) is 0 Å². The molecule has 1 aliphatic rings. The Hall–Kier alpha value is -3.95. The van der Waals surface area contributed by atoms with Gasteiger partial charge in [0.05, 0.1) is 18.7 Å². The summed E-state index contributed by atoms with van der Waals surface area (Å²) in [6.45, 7) is -0.109. The maximum atomic E-state index is 13.7. The molecule has 1 fully saturated rings. The summed E-state index contributed by atoms with van der Waals surface area (Å²) in [7, 11) is 0. The van der Waals surface area contributed by atoms with E-state index in [-0.39, 0.29) is 25.3 Å². The standard InChI is InChI=1S/C22H19FN6O2/c23-15-7-16(10-25)29(12-15)22(30)19(26)6-14-11-28-20-4-3-17(8-18(14)20)31-21-13(9-24)2-1-5-27-21/h1-5,8,11,15-16,19,28H,6-7,12,26H2. The Morgan fingerprint density at radius 3 is 3.03 bits per heavy atom. The first-order chi connectivity index (χ1) is 15.0. The van der Waals surface area contributed by atoms with Gasteiger partial charge >= 0.3 is 0 Å². The number of likely N-dealkylation sites (tertiary alicyclic amines) is 1. The number of ether oxygens (including phenoxy) is 1. The number of aromatic amines is 1. The molecule has 0 aliphatic carbocycles. The Morgan fingerprint density at radius 1 is 1.42 bits per heavy atom. The van der Waals surface area contributed by atoms with Crippen LogP contribution in [0.5, 0.6) is 11.6 Å². The lowest BCUT2D eigenvalue weighted by atomic mass is 10.0. The number of nitrogens with one attached hydrogen (secondary N) is 1. The normalized spacial score (nSPS) is 19.0. The number of rotatable bonds is 5. The number of halogens is 1. The molecule has 1 aromatic carbocycles. The summed E-state index contributed by atoms with van der Waals surface area (Å²) in [5.74, 6) is 0.235. The molecule has 3 heterocycles. The van der Waals surface area contributed by atoms with E-state index in [1.165, 1.54) is 11.1 Å². The molecule has 0 spiro atoms. The first-order valence-electron chi connectivity index (χ1n) is 9.73. The van der Waals surface area contributed by atoms with Crippen molar-refractivity contribution in [2.24, 2.45) is 5.73 Å². The van der Waals surface area contributed by atoms with E-state index in [9.17, 15) is 19.7 Å². The fourth-order valence-electron chi connectivity index (χ4n) is 3.75. The largest absolute Gasteiger partial charge is 0.438 e. The van der Waals surface area contributed by atoms with Gasteiger partial charge in [-0.2, -0.15) is 10.5 Å². The number of nitriles is 2. The van der Waals surface area contributed by atoms with Crippen LogP contribution in [0.25, 0.3) is 10.9 Å². The third kappa shape index (κ3) is 4.04. The van der Waals surface area contributed by atoms with Gasteiger partial charge in [-0.15, -0.1) is 0 Å². The Bertz CT molecular complexity index is 1210. The Morgan fingerprint density at radius 2 is 2.26 bits per heavy atom. The lowest BCUT2D eigenvalue weighted by Gasteiger charge is -2.23. The van der Waals surface area contributed by atoms with Crippen molar-refractivity contribution in [1.82, 2.24) is 14.9 Å². The number of hydrogen-bond acceptors (Lipinski definition) is 6. The number of alkyl halides is 1. The maximum Gasteiger partial charge on any atom is 0.241 e. The van der Waals surface area contributed by atoms with Crippen molar-refractivity contribution >= 4 is 16.8 Å². The molecular weight excluding hydrogens is 399 g/mol. The van der Waals surface area contributed by atoms with Gasteiger partial charge in [0, 0.05) is 29.7 Å². The summed E-state index contributed by atoms with van der Waals surface area (Å²) in [5.41, 5.74) is 8.05. The van der Waals surface area contributed by atoms with Crippen molar-refractivity contribution in [1.29, 1.82) is 10.5 Å². The molecule has 3 aromatic rings. The van der Waals surface area contributed by atoms with E-state index in [2.05, 4.69) is 9.97 Å². The monoisotopic (exact) mass is 418 g/mol. The fourth-order valence-corrected chi connectivity index (χ4v) is 3.75. The molecule has 156 valence electrons. The van der Waals surface area contributed by atoms with Crippen molar-refractivity contribution in [3.05, 3.63) is 53.9 Å². The number of nitrogens with two attached hydrogens (primary N) is 1. The zero-order chi connectivity index (χ0) is 22.0. The van der Waals surface area contributed by atoms with Crippen LogP contribution in [-0.2, 0) is 11.2 Å². The molecule has 0 saturated carbocycles. The average molecular weight is 418 g/mol. The first-order valence-corrected chi connectivity index (χ1v) is 9.73. The number of pyridine rings is 1. The highest BCUT2D eigenvalue weighted by atomic mass is 19.1. The highest BCUT2D eigenvalue weighted by Gasteiger charge is 2.37. The molecule has 9 heteroatoms. The third-order valence-corrected chi connectivity index (χ3v) is 5.28. The molecule has 1 aliphatic heterocycles. The average Bonchev–Trinajstić information content (AvgIpc) is 3.36. The van der Waals surface area contributed by atoms with Crippen molar-refractivity contribution in [2.45, 2.75) is 31.1 Å². The van der Waals surface area contributed by atoms with Crippen LogP contribution in [-0.4, -0.2) is 45.6 Å². The van der Waals surface area contributed by atoms with Gasteiger partial charge in [-0.3, -0.25) is 4.79 Å². The van der Waals surface area contributed by atoms with Crippen LogP contribution in [0.1, 0.15) is 17.5 Å². The topological polar surface area (TPSA) is 132 Å². The number of carbonyl (C=O) groups is 1. The molecule has 2 aromatic heterocycles. The van der Waals surface area contributed by atoms with E-state index >= 15 is 0 Å². The second-order valence-corrected chi connectivity index (χ2v) is 7.37. The molecule has 3 N–H and O–H groups in total. The number of hydrogen-bond donors (Lipinski definition) is 2. The van der Waals surface area contributed by atoms with Crippen LogP contribution in [0.3, 0.4) is 0 Å². The predicted molar refractivity (Wildman–Crippen MR) is 110 cm³/mol. The Balaban J connectivity index is 1.55. The number of amides is 1. The quantitative estimate of drug-likeness (QED) is 0.654. The van der Waals surface area contributed by atoms with Crippen molar-refractivity contribution in [3.63, 3.8) is 0 Å². The summed E-state index contributed by atoms with van der Waals surface area (Å²) < 4.78 is 19.4. The molecule has 31 heavy (non-hydrogen) atoms. The molecule has 3 atom stereocenters. The summed E-state index contributed by atoms with van der Waals surface area (Å²) in [5, 5.41) is 19.2. The summed E-state index contributed by atoms with van der Waals surface area (Å²) in [6, 6.07) is 10.9. The molecular formula is C22H19FN6O2. The van der Waals surface area contributed by atoms with Gasteiger partial charge < -0.3 is 20.4 Å². The van der Waals surface area contributed by atoms with E-state index in [4.69, 9.17) is 10.5 Å². The van der Waals surface area contributed by atoms with E-state index in [1.807, 2.05) is 18.2 Å². The number of H-pyrrole nitrogens is 1. The van der Waals surface area contributed by atoms with Gasteiger partial charge in [-0.25, -0.2) is 9.37 Å². The van der Waals surface area contributed by atoms with Gasteiger partial charge in [-0.05, 0) is 42.3 Å². The minimum Gasteiger partial charge on any atom is -0.438 e. The molecule has 1 amide bonds. The van der Waals surface area contributed by atoms with Gasteiger partial charge in [-0.1, -0.05) is 0 Å². The van der Waals surface area contributed by atoms with Gasteiger partial charge in [0.25, 0.3) is 0 Å². The second kappa shape index (κ2) is 8.42. The van der Waals surface area contributed by atoms with Crippen molar-refractivity contribution in [3.8, 4) is 23.8 Å². The van der Waals surface area contributed by atoms with Crippen LogP contribution in [0, 0.1) is 22.7 Å². The number of carbonyl (C=O) groups excluding carboxylic acids is 1. The molecule has 4 rings (SSSR count). The minimum atomic E-state index is -1.21. The van der Waals surface area contributed by atoms with Crippen LogP contribution in [0.4, 0.5) is 4.39 Å². The lowest BCUT2D eigenvalue weighted by Crippen LogP contribution is -2.46. The summed E-state index contributed by atoms with van der Waals surface area (Å²) in [4.78, 5) is 21.2. The molecule has 1 saturated heterocycles. The molecule has 0 bridgehead atoms. The van der Waals surface area contributed by atoms with Crippen LogP contribution >= 0.6 is 0 Å². The molecule has 3 unspecified atom stereocenters. The molecule has 8 nitrogen and oxygen atoms in total. The molecule has 0 radical (unpaired) electrons. The Kier molecular flexibility index (Phi) is 5.52. The third-order valence-electron chi connectivity index (χ3n) is 5.28. The zero-order valence-corrected chi connectivity index (χ0v) is 16.5. The van der Waals surface area contributed by atoms with Crippen LogP contribution < -0.4 is 10.5 Å². The van der Waals surface area contributed by atoms with Crippen molar-refractivity contribution < 1.29 is 13.9 Å². The predicted octanol–water partition coefficient (Wildman–Crippen LogP) is 2.56. The number of fused-ring (bicyclic) bond motifs is 1. The SMILES string of the molecule is N#Cc1cccnc1Oc1ccc2[nH]cc(CC(N)C(=O)N3CC(F)CC3C#N)c2c1. The summed E-state index contributed by atoms with van der Waals surface area (Å²) >= 11 is 0. The zero-order valence-electron chi connectivity index (χ0n) is 16.5. The second-order valence-electron chi connectivity index (χ2n) is 7.37. The van der Waals surface area contributed by atoms with E-state index in [1.54, 1.807) is 30.5 Å². The van der Waals surface area contributed by atoms with E-state index in [0.29, 0.717) is 11.3 Å². The minimum absolute atomic E-state index is 0.0148. The van der Waals surface area contributed by atoms with Gasteiger partial charge in [0.2, 0.25) is 11.8 Å². The smallest absolute Gasteiger partial charge is 0.241 e. The number of benzene rings is 1. The van der Waals surface area contributed by atoms with E-state index in [0.717, 1.165) is 16.5 Å². The fraction of sp³-hybridized carbons (Fsp3) is 0.273. The van der Waals surface area contributed by atoms with Crippen LogP contribution in [0.15, 0.2) is 42.7 Å². The highest BCUT2D eigenvalue weighted by Crippen LogP contribution is 2.29. The summed E-state index contributed by atoms with van der Waals surface area (Å²) in [6.07, 6.45) is 2.31. The lowest BCUT2D eigenvalue weighted by molar-refractivity contribution is -0.132.